The summed E-state index contributed by atoms with van der Waals surface area (Å²) >= 11 is 0. The first-order valence-corrected chi connectivity index (χ1v) is 7.80. The molecule has 2 aromatic carbocycles. The van der Waals surface area contributed by atoms with E-state index >= 15 is 0 Å². The molecule has 0 unspecified atom stereocenters. The Morgan fingerprint density at radius 2 is 1.52 bits per heavy atom. The fraction of sp³-hybridized carbons (Fsp3) is 0.333. The fourth-order valence-electron chi connectivity index (χ4n) is 2.86. The van der Waals surface area contributed by atoms with Crippen LogP contribution in [0.5, 0.6) is 11.5 Å². The summed E-state index contributed by atoms with van der Waals surface area (Å²) in [6.07, 6.45) is -2.43. The number of nitrogens with one attached hydrogen (secondary N) is 1. The van der Waals surface area contributed by atoms with Crippen LogP contribution in [-0.2, 0) is 0 Å². The lowest BCUT2D eigenvalue weighted by atomic mass is 10.0. The normalized spacial score (nSPS) is 15.8. The van der Waals surface area contributed by atoms with Gasteiger partial charge >= 0.3 is 0 Å². The Kier molecular flexibility index (Phi) is 9.14. The molecule has 0 aliphatic carbocycles. The van der Waals surface area contributed by atoms with Gasteiger partial charge in [0.2, 0.25) is 0 Å². The average molecular weight is 391 g/mol. The highest BCUT2D eigenvalue weighted by atomic mass is 35.5. The summed E-state index contributed by atoms with van der Waals surface area (Å²) in [4.78, 5) is 1.84. The second-order valence-corrected chi connectivity index (χ2v) is 5.55. The summed E-state index contributed by atoms with van der Waals surface area (Å²) in [6, 6.07) is 15.5. The number of para-hydroxylation sites is 1. The molecular weight excluding hydrogens is 369 g/mol. The van der Waals surface area contributed by atoms with E-state index in [0.29, 0.717) is 30.2 Å². The molecule has 1 N–H and O–H groups in total. The summed E-state index contributed by atoms with van der Waals surface area (Å²) in [7, 11) is 0. The van der Waals surface area contributed by atoms with Gasteiger partial charge in [-0.25, -0.2) is 8.78 Å². The Morgan fingerprint density at radius 1 is 0.880 bits per heavy atom. The number of alkyl halides is 2. The summed E-state index contributed by atoms with van der Waals surface area (Å²) in [5.41, 5.74) is 0.593. The third-order valence-electron chi connectivity index (χ3n) is 3.96. The number of rotatable bonds is 5. The third kappa shape index (κ3) is 5.82. The van der Waals surface area contributed by atoms with E-state index in [1.807, 2.05) is 35.2 Å². The zero-order chi connectivity index (χ0) is 16.1. The Labute approximate surface area is 159 Å². The van der Waals surface area contributed by atoms with Crippen molar-refractivity contribution in [3.05, 3.63) is 60.2 Å². The SMILES string of the molecule is Cl.Cl.FC(F)[C@H](c1cccc(Oc2ccccc2)c1)N1CCNCC1. The van der Waals surface area contributed by atoms with Gasteiger partial charge in [0.25, 0.3) is 6.43 Å². The number of nitrogens with zero attached hydrogens (tertiary/aromatic N) is 1. The second-order valence-electron chi connectivity index (χ2n) is 5.55. The third-order valence-corrected chi connectivity index (χ3v) is 3.96. The monoisotopic (exact) mass is 390 g/mol. The van der Waals surface area contributed by atoms with Crippen molar-refractivity contribution in [1.82, 2.24) is 10.2 Å². The van der Waals surface area contributed by atoms with E-state index < -0.39 is 12.5 Å². The maximum absolute atomic E-state index is 13.6. The molecule has 138 valence electrons. The highest BCUT2D eigenvalue weighted by molar-refractivity contribution is 5.85. The molecule has 1 heterocycles. The minimum Gasteiger partial charge on any atom is -0.457 e. The van der Waals surface area contributed by atoms with Crippen molar-refractivity contribution < 1.29 is 13.5 Å². The molecule has 0 bridgehead atoms. The Bertz CT molecular complexity index is 625. The molecule has 0 aromatic heterocycles. The van der Waals surface area contributed by atoms with E-state index in [-0.39, 0.29) is 24.8 Å². The highest BCUT2D eigenvalue weighted by Gasteiger charge is 2.30. The van der Waals surface area contributed by atoms with Crippen LogP contribution in [0.25, 0.3) is 0 Å². The predicted octanol–water partition coefficient (Wildman–Crippen LogP) is 4.53. The first-order valence-electron chi connectivity index (χ1n) is 7.80. The summed E-state index contributed by atoms with van der Waals surface area (Å²) < 4.78 is 33.0. The lowest BCUT2D eigenvalue weighted by Crippen LogP contribution is -2.46. The molecule has 3 rings (SSSR count). The number of ether oxygens (including phenoxy) is 1. The molecule has 25 heavy (non-hydrogen) atoms. The largest absolute Gasteiger partial charge is 0.457 e. The van der Waals surface area contributed by atoms with Crippen LogP contribution in [0.15, 0.2) is 54.6 Å². The van der Waals surface area contributed by atoms with Gasteiger partial charge in [0, 0.05) is 26.2 Å². The zero-order valence-corrected chi connectivity index (χ0v) is 15.2. The molecule has 0 spiro atoms. The molecule has 0 radical (unpaired) electrons. The van der Waals surface area contributed by atoms with Crippen molar-refractivity contribution in [2.45, 2.75) is 12.5 Å². The molecule has 1 aliphatic rings. The van der Waals surface area contributed by atoms with E-state index in [1.165, 1.54) is 0 Å². The molecule has 2 aromatic rings. The van der Waals surface area contributed by atoms with Crippen LogP contribution in [0.4, 0.5) is 8.78 Å². The molecule has 1 aliphatic heterocycles. The molecule has 0 saturated carbocycles. The summed E-state index contributed by atoms with van der Waals surface area (Å²) in [5.74, 6) is 1.27. The van der Waals surface area contributed by atoms with Crippen molar-refractivity contribution in [2.24, 2.45) is 0 Å². The molecule has 1 atom stereocenters. The van der Waals surface area contributed by atoms with Crippen LogP contribution in [0, 0.1) is 0 Å². The minimum absolute atomic E-state index is 0. The van der Waals surface area contributed by atoms with Gasteiger partial charge in [0.1, 0.15) is 11.5 Å². The van der Waals surface area contributed by atoms with Crippen LogP contribution in [-0.4, -0.2) is 37.5 Å². The fourth-order valence-corrected chi connectivity index (χ4v) is 2.86. The topological polar surface area (TPSA) is 24.5 Å². The van der Waals surface area contributed by atoms with Gasteiger partial charge in [-0.05, 0) is 29.8 Å². The van der Waals surface area contributed by atoms with E-state index in [2.05, 4.69) is 5.32 Å². The van der Waals surface area contributed by atoms with Crippen LogP contribution in [0.1, 0.15) is 11.6 Å². The predicted molar refractivity (Wildman–Crippen MR) is 101 cm³/mol. The van der Waals surface area contributed by atoms with Crippen molar-refractivity contribution in [3.63, 3.8) is 0 Å². The highest BCUT2D eigenvalue weighted by Crippen LogP contribution is 2.31. The van der Waals surface area contributed by atoms with Crippen LogP contribution >= 0.6 is 24.8 Å². The summed E-state index contributed by atoms with van der Waals surface area (Å²) in [6.45, 7) is 2.73. The lowest BCUT2D eigenvalue weighted by molar-refractivity contribution is 0.0181. The minimum atomic E-state index is -2.43. The first kappa shape index (κ1) is 21.6. The maximum atomic E-state index is 13.6. The van der Waals surface area contributed by atoms with Crippen molar-refractivity contribution in [3.8, 4) is 11.5 Å². The van der Waals surface area contributed by atoms with Crippen LogP contribution in [0.2, 0.25) is 0 Å². The number of halogens is 4. The molecule has 1 fully saturated rings. The molecule has 1 saturated heterocycles. The molecule has 3 nitrogen and oxygen atoms in total. The van der Waals surface area contributed by atoms with E-state index in [1.54, 1.807) is 24.3 Å². The number of hydrogen-bond donors (Lipinski definition) is 1. The van der Waals surface area contributed by atoms with E-state index in [0.717, 1.165) is 13.1 Å². The lowest BCUT2D eigenvalue weighted by Gasteiger charge is -2.34. The van der Waals surface area contributed by atoms with Gasteiger partial charge in [0.15, 0.2) is 0 Å². The van der Waals surface area contributed by atoms with Gasteiger partial charge in [-0.3, -0.25) is 4.90 Å². The molecule has 7 heteroatoms. The van der Waals surface area contributed by atoms with Crippen LogP contribution < -0.4 is 10.1 Å². The van der Waals surface area contributed by atoms with Gasteiger partial charge in [-0.2, -0.15) is 0 Å². The van der Waals surface area contributed by atoms with Gasteiger partial charge < -0.3 is 10.1 Å². The van der Waals surface area contributed by atoms with Crippen LogP contribution in [0.3, 0.4) is 0 Å². The summed E-state index contributed by atoms with van der Waals surface area (Å²) in [5, 5.41) is 3.19. The van der Waals surface area contributed by atoms with E-state index in [4.69, 9.17) is 4.74 Å². The van der Waals surface area contributed by atoms with Gasteiger partial charge in [-0.1, -0.05) is 30.3 Å². The first-order chi connectivity index (χ1) is 11.2. The van der Waals surface area contributed by atoms with Gasteiger partial charge in [0.05, 0.1) is 6.04 Å². The van der Waals surface area contributed by atoms with Crippen molar-refractivity contribution >= 4 is 24.8 Å². The number of hydrogen-bond acceptors (Lipinski definition) is 3. The molecular formula is C18H22Cl2F2N2O. The molecule has 0 amide bonds. The van der Waals surface area contributed by atoms with Crippen molar-refractivity contribution in [2.75, 3.05) is 26.2 Å². The number of benzene rings is 2. The average Bonchev–Trinajstić information content (AvgIpc) is 2.57. The number of piperazine rings is 1. The van der Waals surface area contributed by atoms with E-state index in [9.17, 15) is 8.78 Å². The standard InChI is InChI=1S/C18H20F2N2O.2ClH/c19-18(20)17(22-11-9-21-10-12-22)14-5-4-8-16(13-14)23-15-6-2-1-3-7-15;;/h1-8,13,17-18,21H,9-12H2;2*1H/t17-;;/m0../s1. The Balaban J connectivity index is 0.00000156. The smallest absolute Gasteiger partial charge is 0.258 e. The van der Waals surface area contributed by atoms with Gasteiger partial charge in [-0.15, -0.1) is 24.8 Å². The van der Waals surface area contributed by atoms with Crippen molar-refractivity contribution in [1.29, 1.82) is 0 Å². The zero-order valence-electron chi connectivity index (χ0n) is 13.6. The quantitative estimate of drug-likeness (QED) is 0.811. The maximum Gasteiger partial charge on any atom is 0.258 e. The Hall–Kier alpha value is -1.40. The Morgan fingerprint density at radius 3 is 2.16 bits per heavy atom. The second kappa shape index (κ2) is 10.6.